The first kappa shape index (κ1) is 21.6. The minimum Gasteiger partial charge on any atom is -0.486 e. The van der Waals surface area contributed by atoms with Crippen LogP contribution in [-0.4, -0.2) is 15.7 Å². The number of anilines is 1. The van der Waals surface area contributed by atoms with Gasteiger partial charge in [0.2, 0.25) is 0 Å². The fourth-order valence-corrected chi connectivity index (χ4v) is 3.24. The summed E-state index contributed by atoms with van der Waals surface area (Å²) in [6.07, 6.45) is 1.59. The van der Waals surface area contributed by atoms with Crippen molar-refractivity contribution in [3.05, 3.63) is 99.8 Å². The van der Waals surface area contributed by atoms with Gasteiger partial charge in [-0.1, -0.05) is 29.8 Å². The van der Waals surface area contributed by atoms with Crippen LogP contribution in [0.2, 0.25) is 5.02 Å². The van der Waals surface area contributed by atoms with Crippen LogP contribution in [0.1, 0.15) is 33.0 Å². The third kappa shape index (κ3) is 5.18. The molecule has 1 amide bonds. The SMILES string of the molecule is Cc1ccc(OCc2ccc(C(=O)Nc3nn(Cc4ccc(F)cc4)cc3Cl)o2)cc1C. The Kier molecular flexibility index (Phi) is 6.28. The molecular formula is C24H21ClFN3O3. The summed E-state index contributed by atoms with van der Waals surface area (Å²) in [4.78, 5) is 12.5. The predicted octanol–water partition coefficient (Wildman–Crippen LogP) is 5.77. The summed E-state index contributed by atoms with van der Waals surface area (Å²) < 4.78 is 26.0. The maximum atomic E-state index is 13.1. The summed E-state index contributed by atoms with van der Waals surface area (Å²) in [6, 6.07) is 15.2. The van der Waals surface area contributed by atoms with Gasteiger partial charge in [0, 0.05) is 6.20 Å². The van der Waals surface area contributed by atoms with Gasteiger partial charge in [0.15, 0.2) is 11.6 Å². The highest BCUT2D eigenvalue weighted by Gasteiger charge is 2.16. The van der Waals surface area contributed by atoms with E-state index in [-0.39, 0.29) is 29.0 Å². The van der Waals surface area contributed by atoms with Crippen LogP contribution in [0.25, 0.3) is 0 Å². The lowest BCUT2D eigenvalue weighted by molar-refractivity contribution is 0.0992. The average molecular weight is 454 g/mol. The molecule has 2 aromatic carbocycles. The van der Waals surface area contributed by atoms with Crippen LogP contribution in [0, 0.1) is 19.7 Å². The summed E-state index contributed by atoms with van der Waals surface area (Å²) >= 11 is 6.21. The third-order valence-corrected chi connectivity index (χ3v) is 5.23. The molecule has 0 aliphatic carbocycles. The van der Waals surface area contributed by atoms with Crippen molar-refractivity contribution < 1.29 is 18.3 Å². The number of aryl methyl sites for hydroxylation is 2. The van der Waals surface area contributed by atoms with E-state index in [1.807, 2.05) is 32.0 Å². The van der Waals surface area contributed by atoms with Gasteiger partial charge in [0.1, 0.15) is 29.0 Å². The molecule has 0 saturated carbocycles. The van der Waals surface area contributed by atoms with Gasteiger partial charge in [-0.2, -0.15) is 5.10 Å². The van der Waals surface area contributed by atoms with Gasteiger partial charge in [-0.3, -0.25) is 9.48 Å². The second-order valence-corrected chi connectivity index (χ2v) is 7.81. The lowest BCUT2D eigenvalue weighted by atomic mass is 10.1. The zero-order valence-corrected chi connectivity index (χ0v) is 18.3. The number of hydrogen-bond acceptors (Lipinski definition) is 4. The summed E-state index contributed by atoms with van der Waals surface area (Å²) in [6.45, 7) is 4.64. The van der Waals surface area contributed by atoms with Crippen molar-refractivity contribution >= 4 is 23.3 Å². The monoisotopic (exact) mass is 453 g/mol. The first-order valence-electron chi connectivity index (χ1n) is 9.95. The summed E-state index contributed by atoms with van der Waals surface area (Å²) in [5.74, 6) is 0.792. The second-order valence-electron chi connectivity index (χ2n) is 7.40. The largest absolute Gasteiger partial charge is 0.486 e. The van der Waals surface area contributed by atoms with Crippen LogP contribution >= 0.6 is 11.6 Å². The minimum absolute atomic E-state index is 0.118. The Balaban J connectivity index is 1.37. The number of nitrogens with one attached hydrogen (secondary N) is 1. The summed E-state index contributed by atoms with van der Waals surface area (Å²) in [7, 11) is 0. The number of carbonyl (C=O) groups is 1. The second kappa shape index (κ2) is 9.28. The van der Waals surface area contributed by atoms with Gasteiger partial charge in [-0.05, 0) is 66.9 Å². The lowest BCUT2D eigenvalue weighted by Gasteiger charge is -2.06. The van der Waals surface area contributed by atoms with Gasteiger partial charge < -0.3 is 14.5 Å². The molecule has 2 heterocycles. The maximum Gasteiger partial charge on any atom is 0.292 e. The Bertz CT molecular complexity index is 1250. The van der Waals surface area contributed by atoms with E-state index in [0.29, 0.717) is 12.3 Å². The first-order valence-corrected chi connectivity index (χ1v) is 10.3. The van der Waals surface area contributed by atoms with Crippen LogP contribution in [0.15, 0.2) is 65.2 Å². The number of ether oxygens (including phenoxy) is 1. The number of halogens is 2. The lowest BCUT2D eigenvalue weighted by Crippen LogP contribution is -2.12. The molecule has 0 saturated heterocycles. The third-order valence-electron chi connectivity index (χ3n) is 4.95. The van der Waals surface area contributed by atoms with Crippen molar-refractivity contribution in [1.29, 1.82) is 0 Å². The molecule has 0 aliphatic heterocycles. The van der Waals surface area contributed by atoms with Crippen molar-refractivity contribution in [2.45, 2.75) is 27.0 Å². The Morgan fingerprint density at radius 2 is 1.91 bits per heavy atom. The number of rotatable bonds is 7. The Morgan fingerprint density at radius 3 is 2.66 bits per heavy atom. The predicted molar refractivity (Wildman–Crippen MR) is 120 cm³/mol. The van der Waals surface area contributed by atoms with E-state index in [1.54, 1.807) is 35.1 Å². The van der Waals surface area contributed by atoms with Crippen molar-refractivity contribution in [2.75, 3.05) is 5.32 Å². The summed E-state index contributed by atoms with van der Waals surface area (Å²) in [5, 5.41) is 7.21. The Hall–Kier alpha value is -3.58. The molecule has 2 aromatic heterocycles. The molecule has 0 unspecified atom stereocenters. The van der Waals surface area contributed by atoms with Crippen molar-refractivity contribution in [1.82, 2.24) is 9.78 Å². The standard InChI is InChI=1S/C24H21ClFN3O3/c1-15-3-8-19(11-16(15)2)31-14-20-9-10-22(32-20)24(30)27-23-21(25)13-29(28-23)12-17-4-6-18(26)7-5-17/h3-11,13H,12,14H2,1-2H3,(H,27,28,30). The van der Waals surface area contributed by atoms with Gasteiger partial charge in [0.25, 0.3) is 5.91 Å². The van der Waals surface area contributed by atoms with Crippen LogP contribution in [0.3, 0.4) is 0 Å². The molecule has 164 valence electrons. The molecule has 0 spiro atoms. The molecule has 0 aliphatic rings. The van der Waals surface area contributed by atoms with E-state index >= 15 is 0 Å². The van der Waals surface area contributed by atoms with E-state index in [9.17, 15) is 9.18 Å². The highest BCUT2D eigenvalue weighted by molar-refractivity contribution is 6.33. The molecule has 0 fully saturated rings. The first-order chi connectivity index (χ1) is 15.4. The summed E-state index contributed by atoms with van der Waals surface area (Å²) in [5.41, 5.74) is 3.17. The molecule has 4 rings (SSSR count). The van der Waals surface area contributed by atoms with Crippen molar-refractivity contribution in [3.63, 3.8) is 0 Å². The van der Waals surface area contributed by atoms with E-state index in [0.717, 1.165) is 16.9 Å². The number of amides is 1. The number of furan rings is 1. The highest BCUT2D eigenvalue weighted by atomic mass is 35.5. The number of nitrogens with zero attached hydrogens (tertiary/aromatic N) is 2. The molecule has 0 radical (unpaired) electrons. The van der Waals surface area contributed by atoms with E-state index in [4.69, 9.17) is 20.8 Å². The smallest absolute Gasteiger partial charge is 0.292 e. The molecule has 0 bridgehead atoms. The Labute approximate surface area is 189 Å². The van der Waals surface area contributed by atoms with Gasteiger partial charge >= 0.3 is 0 Å². The molecule has 8 heteroatoms. The number of hydrogen-bond donors (Lipinski definition) is 1. The fourth-order valence-electron chi connectivity index (χ4n) is 3.04. The molecule has 0 atom stereocenters. The van der Waals surface area contributed by atoms with Crippen LogP contribution in [0.5, 0.6) is 5.75 Å². The molecule has 6 nitrogen and oxygen atoms in total. The molecule has 1 N–H and O–H groups in total. The molecular weight excluding hydrogens is 433 g/mol. The quantitative estimate of drug-likeness (QED) is 0.386. The maximum absolute atomic E-state index is 13.1. The van der Waals surface area contributed by atoms with E-state index in [1.165, 1.54) is 17.7 Å². The zero-order chi connectivity index (χ0) is 22.7. The van der Waals surface area contributed by atoms with Crippen LogP contribution in [-0.2, 0) is 13.2 Å². The molecule has 4 aromatic rings. The van der Waals surface area contributed by atoms with Gasteiger partial charge in [-0.15, -0.1) is 0 Å². The van der Waals surface area contributed by atoms with Crippen LogP contribution in [0.4, 0.5) is 10.2 Å². The normalized spacial score (nSPS) is 10.9. The number of carbonyl (C=O) groups excluding carboxylic acids is 1. The van der Waals surface area contributed by atoms with Gasteiger partial charge in [0.05, 0.1) is 6.54 Å². The van der Waals surface area contributed by atoms with E-state index in [2.05, 4.69) is 10.4 Å². The number of benzene rings is 2. The van der Waals surface area contributed by atoms with Crippen LogP contribution < -0.4 is 10.1 Å². The highest BCUT2D eigenvalue weighted by Crippen LogP contribution is 2.22. The zero-order valence-electron chi connectivity index (χ0n) is 17.6. The van der Waals surface area contributed by atoms with E-state index < -0.39 is 5.91 Å². The topological polar surface area (TPSA) is 69.3 Å². The fraction of sp³-hybridized carbons (Fsp3) is 0.167. The number of aromatic nitrogens is 2. The van der Waals surface area contributed by atoms with Crippen molar-refractivity contribution in [2.24, 2.45) is 0 Å². The Morgan fingerprint density at radius 1 is 1.12 bits per heavy atom. The van der Waals surface area contributed by atoms with Gasteiger partial charge in [-0.25, -0.2) is 4.39 Å². The average Bonchev–Trinajstić information content (AvgIpc) is 3.37. The molecule has 32 heavy (non-hydrogen) atoms. The van der Waals surface area contributed by atoms with Crippen molar-refractivity contribution in [3.8, 4) is 5.75 Å². The minimum atomic E-state index is -0.476.